The summed E-state index contributed by atoms with van der Waals surface area (Å²) >= 11 is 0. The van der Waals surface area contributed by atoms with Crippen molar-refractivity contribution in [3.05, 3.63) is 18.5 Å². The van der Waals surface area contributed by atoms with Crippen molar-refractivity contribution in [3.63, 3.8) is 0 Å². The summed E-state index contributed by atoms with van der Waals surface area (Å²) < 4.78 is 1.58. The first kappa shape index (κ1) is 12.8. The fourth-order valence-electron chi connectivity index (χ4n) is 2.23. The Morgan fingerprint density at radius 2 is 2.00 bits per heavy atom. The lowest BCUT2D eigenvalue weighted by molar-refractivity contribution is 0.232. The van der Waals surface area contributed by atoms with Crippen LogP contribution in [0.25, 0.3) is 5.95 Å². The maximum Gasteiger partial charge on any atom is 0.257 e. The minimum absolute atomic E-state index is 0.215. The fourth-order valence-corrected chi connectivity index (χ4v) is 2.23. The molecule has 3 rings (SSSR count). The molecule has 0 aromatic carbocycles. The molecule has 0 bridgehead atoms. The van der Waals surface area contributed by atoms with Gasteiger partial charge in [-0.1, -0.05) is 0 Å². The first-order chi connectivity index (χ1) is 9.63. The first-order valence-corrected chi connectivity index (χ1v) is 6.60. The van der Waals surface area contributed by atoms with E-state index in [-0.39, 0.29) is 5.95 Å². The Morgan fingerprint density at radius 1 is 1.20 bits per heavy atom. The highest BCUT2D eigenvalue weighted by atomic mass is 15.4. The van der Waals surface area contributed by atoms with Crippen molar-refractivity contribution in [2.45, 2.75) is 13.0 Å². The molecule has 1 unspecified atom stereocenters. The Bertz CT molecular complexity index is 581. The van der Waals surface area contributed by atoms with Crippen LogP contribution >= 0.6 is 0 Å². The van der Waals surface area contributed by atoms with Gasteiger partial charge in [0, 0.05) is 38.1 Å². The average Bonchev–Trinajstić information content (AvgIpc) is 2.95. The molecule has 1 atom stereocenters. The van der Waals surface area contributed by atoms with Gasteiger partial charge in [-0.15, -0.1) is 0 Å². The molecule has 0 spiro atoms. The third-order valence-corrected chi connectivity index (χ3v) is 3.58. The average molecular weight is 274 g/mol. The Labute approximate surface area is 117 Å². The molecule has 2 aromatic heterocycles. The van der Waals surface area contributed by atoms with E-state index in [0.717, 1.165) is 19.6 Å². The Kier molecular flexibility index (Phi) is 3.23. The van der Waals surface area contributed by atoms with E-state index in [2.05, 4.69) is 43.8 Å². The lowest BCUT2D eigenvalue weighted by Gasteiger charge is -2.37. The molecule has 2 N–H and O–H groups in total. The molecule has 1 aliphatic rings. The molecule has 8 nitrogen and oxygen atoms in total. The summed E-state index contributed by atoms with van der Waals surface area (Å²) in [7, 11) is 2.12. The molecule has 1 fully saturated rings. The number of anilines is 2. The Morgan fingerprint density at radius 3 is 2.70 bits per heavy atom. The summed E-state index contributed by atoms with van der Waals surface area (Å²) in [6, 6.07) is 2.27. The van der Waals surface area contributed by atoms with Crippen molar-refractivity contribution < 1.29 is 0 Å². The number of nitrogens with zero attached hydrogens (tertiary/aromatic N) is 7. The molecule has 3 heterocycles. The standard InChI is InChI=1S/C12H18N8/c1-9-8-19(7-6-18(9)2)11-15-10(13)16-12(17-11)20-5-3-4-14-20/h3-5,9H,6-8H2,1-2H3,(H2,13,15,16,17). The maximum atomic E-state index is 5.79. The van der Waals surface area contributed by atoms with E-state index in [1.165, 1.54) is 0 Å². The van der Waals surface area contributed by atoms with Gasteiger partial charge in [-0.25, -0.2) is 4.68 Å². The Hall–Kier alpha value is -2.22. The molecule has 0 aliphatic carbocycles. The third kappa shape index (κ3) is 2.42. The number of rotatable bonds is 2. The van der Waals surface area contributed by atoms with E-state index in [1.807, 2.05) is 6.07 Å². The SMILES string of the molecule is CC1CN(c2nc(N)nc(-n3cccn3)n2)CCN1C. The van der Waals surface area contributed by atoms with Gasteiger partial charge in [0.2, 0.25) is 11.9 Å². The monoisotopic (exact) mass is 274 g/mol. The summed E-state index contributed by atoms with van der Waals surface area (Å²) in [5.41, 5.74) is 5.79. The van der Waals surface area contributed by atoms with Crippen LogP contribution in [0.4, 0.5) is 11.9 Å². The number of aromatic nitrogens is 5. The fraction of sp³-hybridized carbons (Fsp3) is 0.500. The van der Waals surface area contributed by atoms with E-state index in [9.17, 15) is 0 Å². The summed E-state index contributed by atoms with van der Waals surface area (Å²) in [6.45, 7) is 4.91. The van der Waals surface area contributed by atoms with Crippen molar-refractivity contribution in [1.82, 2.24) is 29.6 Å². The van der Waals surface area contributed by atoms with E-state index in [1.54, 1.807) is 17.1 Å². The van der Waals surface area contributed by atoms with Gasteiger partial charge < -0.3 is 15.5 Å². The summed E-state index contributed by atoms with van der Waals surface area (Å²) in [5.74, 6) is 1.28. The van der Waals surface area contributed by atoms with Crippen LogP contribution in [0.2, 0.25) is 0 Å². The van der Waals surface area contributed by atoms with Gasteiger partial charge in [0.25, 0.3) is 5.95 Å². The molecule has 1 aliphatic heterocycles. The van der Waals surface area contributed by atoms with Gasteiger partial charge in [0.15, 0.2) is 0 Å². The van der Waals surface area contributed by atoms with Gasteiger partial charge in [0.05, 0.1) is 0 Å². The number of likely N-dealkylation sites (N-methyl/N-ethyl adjacent to an activating group) is 1. The highest BCUT2D eigenvalue weighted by molar-refractivity contribution is 5.38. The van der Waals surface area contributed by atoms with Crippen LogP contribution in [0, 0.1) is 0 Å². The number of hydrogen-bond acceptors (Lipinski definition) is 7. The second kappa shape index (κ2) is 5.04. The predicted octanol–water partition coefficient (Wildman–Crippen LogP) is -0.220. The number of nitrogen functional groups attached to an aromatic ring is 1. The van der Waals surface area contributed by atoms with Gasteiger partial charge in [-0.2, -0.15) is 20.1 Å². The van der Waals surface area contributed by atoms with Crippen LogP contribution in [0.5, 0.6) is 0 Å². The second-order valence-electron chi connectivity index (χ2n) is 5.02. The third-order valence-electron chi connectivity index (χ3n) is 3.58. The second-order valence-corrected chi connectivity index (χ2v) is 5.02. The minimum Gasteiger partial charge on any atom is -0.368 e. The van der Waals surface area contributed by atoms with Crippen molar-refractivity contribution in [1.29, 1.82) is 0 Å². The normalized spacial score (nSPS) is 20.3. The largest absolute Gasteiger partial charge is 0.368 e. The summed E-state index contributed by atoms with van der Waals surface area (Å²) in [4.78, 5) is 17.3. The molecule has 8 heteroatoms. The molecule has 0 radical (unpaired) electrons. The topological polar surface area (TPSA) is 89.0 Å². The zero-order valence-electron chi connectivity index (χ0n) is 11.6. The molecule has 0 saturated carbocycles. The van der Waals surface area contributed by atoms with E-state index in [0.29, 0.717) is 17.9 Å². The first-order valence-electron chi connectivity index (χ1n) is 6.60. The van der Waals surface area contributed by atoms with E-state index in [4.69, 9.17) is 5.73 Å². The van der Waals surface area contributed by atoms with Crippen LogP contribution in [-0.2, 0) is 0 Å². The van der Waals surface area contributed by atoms with E-state index >= 15 is 0 Å². The number of hydrogen-bond donors (Lipinski definition) is 1. The Balaban J connectivity index is 1.90. The summed E-state index contributed by atoms with van der Waals surface area (Å²) in [5, 5.41) is 4.12. The van der Waals surface area contributed by atoms with Gasteiger partial charge in [-0.05, 0) is 20.0 Å². The van der Waals surface area contributed by atoms with Crippen LogP contribution in [0.1, 0.15) is 6.92 Å². The highest BCUT2D eigenvalue weighted by Gasteiger charge is 2.23. The van der Waals surface area contributed by atoms with Crippen molar-refractivity contribution in [2.24, 2.45) is 0 Å². The molecule has 2 aromatic rings. The summed E-state index contributed by atoms with van der Waals surface area (Å²) in [6.07, 6.45) is 3.46. The van der Waals surface area contributed by atoms with Crippen molar-refractivity contribution >= 4 is 11.9 Å². The van der Waals surface area contributed by atoms with Crippen LogP contribution in [-0.4, -0.2) is 62.4 Å². The smallest absolute Gasteiger partial charge is 0.257 e. The molecular formula is C12H18N8. The molecule has 0 amide bonds. The molecule has 1 saturated heterocycles. The zero-order chi connectivity index (χ0) is 14.1. The lowest BCUT2D eigenvalue weighted by Crippen LogP contribution is -2.50. The van der Waals surface area contributed by atoms with Crippen molar-refractivity contribution in [3.8, 4) is 5.95 Å². The van der Waals surface area contributed by atoms with Gasteiger partial charge in [0.1, 0.15) is 0 Å². The quantitative estimate of drug-likeness (QED) is 0.809. The van der Waals surface area contributed by atoms with Gasteiger partial charge >= 0.3 is 0 Å². The highest BCUT2D eigenvalue weighted by Crippen LogP contribution is 2.16. The van der Waals surface area contributed by atoms with E-state index < -0.39 is 0 Å². The van der Waals surface area contributed by atoms with Crippen molar-refractivity contribution in [2.75, 3.05) is 37.3 Å². The lowest BCUT2D eigenvalue weighted by atomic mass is 10.2. The predicted molar refractivity (Wildman–Crippen MR) is 75.7 cm³/mol. The number of piperazine rings is 1. The van der Waals surface area contributed by atoms with Crippen LogP contribution in [0.3, 0.4) is 0 Å². The van der Waals surface area contributed by atoms with Gasteiger partial charge in [-0.3, -0.25) is 0 Å². The maximum absolute atomic E-state index is 5.79. The molecule has 106 valence electrons. The number of nitrogens with two attached hydrogens (primary N) is 1. The molecule has 20 heavy (non-hydrogen) atoms. The minimum atomic E-state index is 0.215. The van der Waals surface area contributed by atoms with Crippen LogP contribution in [0.15, 0.2) is 18.5 Å². The molecular weight excluding hydrogens is 256 g/mol. The zero-order valence-corrected chi connectivity index (χ0v) is 11.6. The van der Waals surface area contributed by atoms with Crippen LogP contribution < -0.4 is 10.6 Å².